The summed E-state index contributed by atoms with van der Waals surface area (Å²) in [7, 11) is -7.54. The lowest BCUT2D eigenvalue weighted by atomic mass is 10.3. The van der Waals surface area contributed by atoms with E-state index >= 15 is 0 Å². The van der Waals surface area contributed by atoms with Crippen LogP contribution in [-0.2, 0) is 26.7 Å². The molecule has 1 aliphatic heterocycles. The molecular formula is C20H21N3O5S3. The van der Waals surface area contributed by atoms with E-state index in [1.807, 2.05) is 5.38 Å². The van der Waals surface area contributed by atoms with Crippen molar-refractivity contribution < 1.29 is 21.6 Å². The van der Waals surface area contributed by atoms with E-state index in [4.69, 9.17) is 4.74 Å². The molecule has 0 atom stereocenters. The van der Waals surface area contributed by atoms with Crippen molar-refractivity contribution in [2.75, 3.05) is 17.8 Å². The summed E-state index contributed by atoms with van der Waals surface area (Å²) in [4.78, 5) is 4.19. The Morgan fingerprint density at radius 2 is 1.65 bits per heavy atom. The summed E-state index contributed by atoms with van der Waals surface area (Å²) in [6.07, 6.45) is 1.67. The van der Waals surface area contributed by atoms with Gasteiger partial charge in [0, 0.05) is 18.5 Å². The predicted molar refractivity (Wildman–Crippen MR) is 118 cm³/mol. The molecule has 0 unspecified atom stereocenters. The maximum Gasteiger partial charge on any atom is 0.262 e. The molecule has 3 aromatic rings. The Hall–Kier alpha value is -2.47. The summed E-state index contributed by atoms with van der Waals surface area (Å²) in [6.45, 7) is 1.19. The van der Waals surface area contributed by atoms with E-state index < -0.39 is 20.0 Å². The molecule has 11 heteroatoms. The molecule has 1 aromatic heterocycles. The van der Waals surface area contributed by atoms with Gasteiger partial charge in [-0.25, -0.2) is 21.8 Å². The standard InChI is InChI=1S/C20H21N3O5S3/c24-30(25,17-7-9-18(10-8-17)31(26,27)23-11-3-4-12-23)22-19-5-1-2-6-20(19)28-13-16-14-29-15-21-16/h1-2,5-10,14-15,22H,3-4,11-13H2. The van der Waals surface area contributed by atoms with Crippen molar-refractivity contribution in [1.29, 1.82) is 0 Å². The Bertz CT molecular complexity index is 1240. The number of benzene rings is 2. The first-order valence-corrected chi connectivity index (χ1v) is 13.4. The zero-order valence-electron chi connectivity index (χ0n) is 16.5. The van der Waals surface area contributed by atoms with Gasteiger partial charge >= 0.3 is 0 Å². The van der Waals surface area contributed by atoms with Gasteiger partial charge in [-0.1, -0.05) is 12.1 Å². The van der Waals surface area contributed by atoms with Crippen LogP contribution in [-0.4, -0.2) is 39.2 Å². The Balaban J connectivity index is 1.52. The lowest BCUT2D eigenvalue weighted by molar-refractivity contribution is 0.304. The smallest absolute Gasteiger partial charge is 0.262 e. The van der Waals surface area contributed by atoms with Gasteiger partial charge in [-0.05, 0) is 49.2 Å². The molecule has 0 amide bonds. The van der Waals surface area contributed by atoms with Crippen LogP contribution in [0.15, 0.2) is 69.2 Å². The molecule has 4 rings (SSSR count). The quantitative estimate of drug-likeness (QED) is 0.531. The van der Waals surface area contributed by atoms with Gasteiger partial charge in [-0.15, -0.1) is 11.3 Å². The van der Waals surface area contributed by atoms with Crippen LogP contribution in [0.25, 0.3) is 0 Å². The second kappa shape index (κ2) is 8.95. The highest BCUT2D eigenvalue weighted by Gasteiger charge is 2.27. The van der Waals surface area contributed by atoms with Crippen LogP contribution >= 0.6 is 11.3 Å². The van der Waals surface area contributed by atoms with E-state index in [1.54, 1.807) is 29.8 Å². The van der Waals surface area contributed by atoms with Crippen molar-refractivity contribution in [3.8, 4) is 5.75 Å². The van der Waals surface area contributed by atoms with Gasteiger partial charge in [0.2, 0.25) is 10.0 Å². The average molecular weight is 480 g/mol. The van der Waals surface area contributed by atoms with Gasteiger partial charge in [0.1, 0.15) is 12.4 Å². The molecule has 1 aliphatic rings. The normalized spacial score (nSPS) is 15.1. The molecule has 1 N–H and O–H groups in total. The van der Waals surface area contributed by atoms with Gasteiger partial charge < -0.3 is 4.74 Å². The number of sulfonamides is 2. The third-order valence-electron chi connectivity index (χ3n) is 4.83. The Morgan fingerprint density at radius 1 is 0.968 bits per heavy atom. The molecular weight excluding hydrogens is 458 g/mol. The first kappa shape index (κ1) is 21.8. The van der Waals surface area contributed by atoms with Crippen molar-refractivity contribution in [2.45, 2.75) is 29.2 Å². The van der Waals surface area contributed by atoms with Crippen LogP contribution in [0.2, 0.25) is 0 Å². The number of nitrogens with zero attached hydrogens (tertiary/aromatic N) is 2. The fourth-order valence-electron chi connectivity index (χ4n) is 3.21. The first-order chi connectivity index (χ1) is 14.9. The van der Waals surface area contributed by atoms with Crippen LogP contribution in [0, 0.1) is 0 Å². The molecule has 8 nitrogen and oxygen atoms in total. The van der Waals surface area contributed by atoms with Crippen LogP contribution < -0.4 is 9.46 Å². The summed E-state index contributed by atoms with van der Waals surface area (Å²) in [5, 5.41) is 1.85. The van der Waals surface area contributed by atoms with Gasteiger partial charge in [0.15, 0.2) is 0 Å². The summed E-state index contributed by atoms with van der Waals surface area (Å²) in [5.74, 6) is 0.368. The Kier molecular flexibility index (Phi) is 6.28. The molecule has 0 aliphatic carbocycles. The molecule has 0 spiro atoms. The zero-order chi connectivity index (χ0) is 21.9. The highest BCUT2D eigenvalue weighted by Crippen LogP contribution is 2.28. The van der Waals surface area contributed by atoms with Gasteiger partial charge in [0.05, 0.1) is 26.7 Å². The SMILES string of the molecule is O=S(=O)(Nc1ccccc1OCc1cscn1)c1ccc(S(=O)(=O)N2CCCC2)cc1. The van der Waals surface area contributed by atoms with E-state index in [0.717, 1.165) is 18.5 Å². The van der Waals surface area contributed by atoms with Crippen molar-refractivity contribution >= 4 is 37.1 Å². The summed E-state index contributed by atoms with van der Waals surface area (Å²) in [5.41, 5.74) is 2.73. The van der Waals surface area contributed by atoms with E-state index in [2.05, 4.69) is 9.71 Å². The van der Waals surface area contributed by atoms with Crippen LogP contribution in [0.4, 0.5) is 5.69 Å². The van der Waals surface area contributed by atoms with Gasteiger partial charge in [-0.3, -0.25) is 4.72 Å². The van der Waals surface area contributed by atoms with Crippen LogP contribution in [0.5, 0.6) is 5.75 Å². The monoisotopic (exact) mass is 479 g/mol. The molecule has 1 fully saturated rings. The van der Waals surface area contributed by atoms with Gasteiger partial charge in [-0.2, -0.15) is 4.31 Å². The van der Waals surface area contributed by atoms with E-state index in [0.29, 0.717) is 18.8 Å². The molecule has 2 aromatic carbocycles. The van der Waals surface area contributed by atoms with Crippen LogP contribution in [0.1, 0.15) is 18.5 Å². The molecule has 0 saturated carbocycles. The third-order valence-corrected chi connectivity index (χ3v) is 8.76. The number of hydrogen-bond acceptors (Lipinski definition) is 7. The number of anilines is 1. The van der Waals surface area contributed by atoms with E-state index in [-0.39, 0.29) is 22.1 Å². The van der Waals surface area contributed by atoms with Crippen molar-refractivity contribution in [3.05, 3.63) is 65.1 Å². The number of ether oxygens (including phenoxy) is 1. The van der Waals surface area contributed by atoms with Crippen molar-refractivity contribution in [2.24, 2.45) is 0 Å². The molecule has 0 bridgehead atoms. The van der Waals surface area contributed by atoms with E-state index in [1.165, 1.54) is 39.9 Å². The average Bonchev–Trinajstić information content (AvgIpc) is 3.47. The number of nitrogens with one attached hydrogen (secondary N) is 1. The summed E-state index contributed by atoms with van der Waals surface area (Å²) < 4.78 is 60.7. The summed E-state index contributed by atoms with van der Waals surface area (Å²) in [6, 6.07) is 11.9. The number of aromatic nitrogens is 1. The minimum absolute atomic E-state index is 0.0397. The molecule has 0 radical (unpaired) electrons. The Morgan fingerprint density at radius 3 is 2.32 bits per heavy atom. The second-order valence-electron chi connectivity index (χ2n) is 6.95. The zero-order valence-corrected chi connectivity index (χ0v) is 18.9. The number of para-hydroxylation sites is 2. The second-order valence-corrected chi connectivity index (χ2v) is 11.3. The fourth-order valence-corrected chi connectivity index (χ4v) is 6.34. The number of rotatable bonds is 8. The Labute approximate surface area is 185 Å². The predicted octanol–water partition coefficient (Wildman–Crippen LogP) is 3.31. The highest BCUT2D eigenvalue weighted by molar-refractivity contribution is 7.92. The highest BCUT2D eigenvalue weighted by atomic mass is 32.2. The first-order valence-electron chi connectivity index (χ1n) is 9.58. The maximum atomic E-state index is 12.9. The molecule has 2 heterocycles. The molecule has 31 heavy (non-hydrogen) atoms. The van der Waals surface area contributed by atoms with Crippen molar-refractivity contribution in [3.63, 3.8) is 0 Å². The van der Waals surface area contributed by atoms with Gasteiger partial charge in [0.25, 0.3) is 10.0 Å². The largest absolute Gasteiger partial charge is 0.485 e. The topological polar surface area (TPSA) is 106 Å². The fraction of sp³-hybridized carbons (Fsp3) is 0.250. The van der Waals surface area contributed by atoms with E-state index in [9.17, 15) is 16.8 Å². The van der Waals surface area contributed by atoms with Crippen molar-refractivity contribution in [1.82, 2.24) is 9.29 Å². The maximum absolute atomic E-state index is 12.9. The molecule has 1 saturated heterocycles. The third kappa shape index (κ3) is 4.90. The minimum atomic E-state index is -3.94. The number of hydrogen-bond donors (Lipinski definition) is 1. The summed E-state index contributed by atoms with van der Waals surface area (Å²) >= 11 is 1.45. The lowest BCUT2D eigenvalue weighted by Gasteiger charge is -2.16. The van der Waals surface area contributed by atoms with Crippen LogP contribution in [0.3, 0.4) is 0 Å². The molecule has 164 valence electrons. The minimum Gasteiger partial charge on any atom is -0.485 e. The lowest BCUT2D eigenvalue weighted by Crippen LogP contribution is -2.27. The number of thiazole rings is 1.